The molecular weight excluding hydrogens is 224 g/mol. The molecule has 0 amide bonds. The molecule has 1 saturated heterocycles. The Balaban J connectivity index is 2.74. The first kappa shape index (κ1) is 15.9. The van der Waals surface area contributed by atoms with Crippen molar-refractivity contribution in [1.29, 1.82) is 0 Å². The van der Waals surface area contributed by atoms with Crippen LogP contribution in [0.3, 0.4) is 0 Å². The van der Waals surface area contributed by atoms with Crippen LogP contribution in [0.2, 0.25) is 0 Å². The van der Waals surface area contributed by atoms with Crippen molar-refractivity contribution >= 4 is 0 Å². The van der Waals surface area contributed by atoms with Crippen LogP contribution in [0.15, 0.2) is 0 Å². The summed E-state index contributed by atoms with van der Waals surface area (Å²) in [7, 11) is 0. The number of hydrogen-bond donors (Lipinski definition) is 1. The summed E-state index contributed by atoms with van der Waals surface area (Å²) >= 11 is 0. The predicted octanol–water partition coefficient (Wildman–Crippen LogP) is 2.51. The van der Waals surface area contributed by atoms with Crippen LogP contribution in [-0.4, -0.2) is 48.8 Å². The lowest BCUT2D eigenvalue weighted by atomic mass is 9.90. The summed E-state index contributed by atoms with van der Waals surface area (Å²) < 4.78 is 5.70. The van der Waals surface area contributed by atoms with E-state index in [0.717, 1.165) is 26.3 Å². The molecule has 0 spiro atoms. The fraction of sp³-hybridized carbons (Fsp3) is 1.00. The topological polar surface area (TPSA) is 24.5 Å². The molecule has 0 aromatic heterocycles. The Morgan fingerprint density at radius 3 is 2.56 bits per heavy atom. The van der Waals surface area contributed by atoms with Crippen molar-refractivity contribution in [3.8, 4) is 0 Å². The second-order valence-corrected chi connectivity index (χ2v) is 6.29. The highest BCUT2D eigenvalue weighted by Crippen LogP contribution is 2.24. The van der Waals surface area contributed by atoms with Gasteiger partial charge in [0.15, 0.2) is 0 Å². The average molecular weight is 256 g/mol. The minimum atomic E-state index is 0.256. The number of nitrogens with one attached hydrogen (secondary N) is 1. The number of rotatable bonds is 6. The number of hydrogen-bond acceptors (Lipinski definition) is 3. The summed E-state index contributed by atoms with van der Waals surface area (Å²) in [5.41, 5.74) is 0.256. The van der Waals surface area contributed by atoms with Crippen LogP contribution < -0.4 is 5.32 Å². The van der Waals surface area contributed by atoms with Crippen molar-refractivity contribution < 1.29 is 4.74 Å². The smallest absolute Gasteiger partial charge is 0.0624 e. The molecule has 0 saturated carbocycles. The first-order chi connectivity index (χ1) is 8.43. The summed E-state index contributed by atoms with van der Waals surface area (Å²) in [5.74, 6) is 0.637. The zero-order valence-corrected chi connectivity index (χ0v) is 13.1. The van der Waals surface area contributed by atoms with Gasteiger partial charge in [0.25, 0.3) is 0 Å². The Labute approximate surface area is 113 Å². The van der Waals surface area contributed by atoms with Gasteiger partial charge in [-0.25, -0.2) is 0 Å². The molecule has 1 N–H and O–H groups in total. The quantitative estimate of drug-likeness (QED) is 0.790. The van der Waals surface area contributed by atoms with E-state index in [1.165, 1.54) is 6.42 Å². The predicted molar refractivity (Wildman–Crippen MR) is 78.0 cm³/mol. The van der Waals surface area contributed by atoms with Crippen molar-refractivity contribution in [2.75, 3.05) is 26.3 Å². The molecule has 0 radical (unpaired) electrons. The van der Waals surface area contributed by atoms with Gasteiger partial charge in [-0.15, -0.1) is 0 Å². The van der Waals surface area contributed by atoms with Gasteiger partial charge in [-0.1, -0.05) is 20.8 Å². The van der Waals surface area contributed by atoms with Crippen LogP contribution in [0.4, 0.5) is 0 Å². The standard InChI is InChI=1S/C15H32N2O/c1-7-15(6)11-17(13(5)9-16-15)14(12(3)4)10-18-8-2/h12-14,16H,7-11H2,1-6H3. The van der Waals surface area contributed by atoms with Crippen LogP contribution in [0.1, 0.15) is 48.0 Å². The maximum atomic E-state index is 5.70. The van der Waals surface area contributed by atoms with Gasteiger partial charge in [0.2, 0.25) is 0 Å². The van der Waals surface area contributed by atoms with E-state index in [4.69, 9.17) is 4.74 Å². The van der Waals surface area contributed by atoms with E-state index < -0.39 is 0 Å². The molecule has 108 valence electrons. The fourth-order valence-corrected chi connectivity index (χ4v) is 2.72. The first-order valence-electron chi connectivity index (χ1n) is 7.52. The summed E-state index contributed by atoms with van der Waals surface area (Å²) in [6.07, 6.45) is 1.18. The van der Waals surface area contributed by atoms with E-state index in [1.54, 1.807) is 0 Å². The molecule has 0 aromatic rings. The summed E-state index contributed by atoms with van der Waals surface area (Å²) in [5, 5.41) is 3.69. The highest BCUT2D eigenvalue weighted by atomic mass is 16.5. The van der Waals surface area contributed by atoms with E-state index in [2.05, 4.69) is 51.8 Å². The lowest BCUT2D eigenvalue weighted by Gasteiger charge is -2.49. The van der Waals surface area contributed by atoms with Gasteiger partial charge in [-0.05, 0) is 33.1 Å². The number of ether oxygens (including phenoxy) is 1. The Bertz CT molecular complexity index is 245. The number of piperazine rings is 1. The van der Waals surface area contributed by atoms with Crippen LogP contribution in [-0.2, 0) is 4.74 Å². The first-order valence-corrected chi connectivity index (χ1v) is 7.52. The van der Waals surface area contributed by atoms with Gasteiger partial charge in [-0.3, -0.25) is 4.90 Å². The van der Waals surface area contributed by atoms with Crippen LogP contribution >= 0.6 is 0 Å². The van der Waals surface area contributed by atoms with Gasteiger partial charge in [0.1, 0.15) is 0 Å². The number of nitrogens with zero attached hydrogens (tertiary/aromatic N) is 1. The largest absolute Gasteiger partial charge is 0.380 e. The summed E-state index contributed by atoms with van der Waals surface area (Å²) in [4.78, 5) is 2.65. The van der Waals surface area contributed by atoms with E-state index in [-0.39, 0.29) is 5.54 Å². The van der Waals surface area contributed by atoms with Crippen LogP contribution in [0.25, 0.3) is 0 Å². The zero-order chi connectivity index (χ0) is 13.8. The van der Waals surface area contributed by atoms with Crippen molar-refractivity contribution in [3.63, 3.8) is 0 Å². The monoisotopic (exact) mass is 256 g/mol. The minimum absolute atomic E-state index is 0.256. The van der Waals surface area contributed by atoms with Gasteiger partial charge in [-0.2, -0.15) is 0 Å². The van der Waals surface area contributed by atoms with Crippen LogP contribution in [0.5, 0.6) is 0 Å². The second-order valence-electron chi connectivity index (χ2n) is 6.29. The molecule has 3 unspecified atom stereocenters. The molecule has 1 aliphatic rings. The van der Waals surface area contributed by atoms with Gasteiger partial charge in [0.05, 0.1) is 6.61 Å². The second kappa shape index (κ2) is 6.88. The zero-order valence-electron chi connectivity index (χ0n) is 13.1. The normalized spacial score (nSPS) is 31.8. The molecule has 0 aliphatic carbocycles. The molecule has 0 aromatic carbocycles. The maximum absolute atomic E-state index is 5.70. The van der Waals surface area contributed by atoms with Crippen LogP contribution in [0, 0.1) is 5.92 Å². The van der Waals surface area contributed by atoms with Crippen molar-refractivity contribution in [2.45, 2.75) is 65.6 Å². The molecule has 1 fully saturated rings. The van der Waals surface area contributed by atoms with Gasteiger partial charge in [0, 0.05) is 37.3 Å². The van der Waals surface area contributed by atoms with E-state index in [9.17, 15) is 0 Å². The molecule has 3 heteroatoms. The lowest BCUT2D eigenvalue weighted by molar-refractivity contribution is -0.0108. The highest BCUT2D eigenvalue weighted by molar-refractivity contribution is 4.96. The fourth-order valence-electron chi connectivity index (χ4n) is 2.72. The third-order valence-corrected chi connectivity index (χ3v) is 4.39. The maximum Gasteiger partial charge on any atom is 0.0624 e. The molecule has 1 heterocycles. The van der Waals surface area contributed by atoms with Gasteiger partial charge < -0.3 is 10.1 Å². The average Bonchev–Trinajstić information content (AvgIpc) is 2.34. The third kappa shape index (κ3) is 3.94. The van der Waals surface area contributed by atoms with E-state index in [1.807, 2.05) is 0 Å². The molecule has 1 aliphatic heterocycles. The highest BCUT2D eigenvalue weighted by Gasteiger charge is 2.36. The minimum Gasteiger partial charge on any atom is -0.380 e. The van der Waals surface area contributed by atoms with Crippen molar-refractivity contribution in [1.82, 2.24) is 10.2 Å². The summed E-state index contributed by atoms with van der Waals surface area (Å²) in [6, 6.07) is 1.13. The summed E-state index contributed by atoms with van der Waals surface area (Å²) in [6.45, 7) is 17.5. The lowest BCUT2D eigenvalue weighted by Crippen LogP contribution is -2.65. The Hall–Kier alpha value is -0.120. The molecule has 1 rings (SSSR count). The molecular formula is C15H32N2O. The third-order valence-electron chi connectivity index (χ3n) is 4.39. The Kier molecular flexibility index (Phi) is 6.09. The van der Waals surface area contributed by atoms with E-state index >= 15 is 0 Å². The van der Waals surface area contributed by atoms with Crippen molar-refractivity contribution in [3.05, 3.63) is 0 Å². The van der Waals surface area contributed by atoms with E-state index in [0.29, 0.717) is 18.0 Å². The SMILES string of the molecule is CCOCC(C(C)C)N1CC(C)(CC)NCC1C. The molecule has 18 heavy (non-hydrogen) atoms. The molecule has 3 atom stereocenters. The van der Waals surface area contributed by atoms with Crippen molar-refractivity contribution in [2.24, 2.45) is 5.92 Å². The Morgan fingerprint density at radius 1 is 1.39 bits per heavy atom. The Morgan fingerprint density at radius 2 is 2.06 bits per heavy atom. The van der Waals surface area contributed by atoms with Gasteiger partial charge >= 0.3 is 0 Å². The molecule has 3 nitrogen and oxygen atoms in total. The molecule has 0 bridgehead atoms.